The number of nitrogens with one attached hydrogen (secondary N) is 1. The van der Waals surface area contributed by atoms with E-state index in [4.69, 9.17) is 9.05 Å². The Hall–Kier alpha value is -0.750. The van der Waals surface area contributed by atoms with Crippen LogP contribution in [-0.2, 0) is 23.4 Å². The Morgan fingerprint density at radius 1 is 1.29 bits per heavy atom. The number of rotatable bonds is 7. The predicted octanol–water partition coefficient (Wildman–Crippen LogP) is 2.45. The van der Waals surface area contributed by atoms with Gasteiger partial charge in [0.05, 0.1) is 20.1 Å². The minimum Gasteiger partial charge on any atom is -0.469 e. The van der Waals surface area contributed by atoms with Crippen LogP contribution in [0, 0.1) is 5.41 Å². The molecule has 1 aliphatic heterocycles. The van der Waals surface area contributed by atoms with Crippen LogP contribution >= 0.6 is 8.53 Å². The molecule has 24 heavy (non-hydrogen) atoms. The molecule has 2 atom stereocenters. The molecule has 1 fully saturated rings. The van der Waals surface area contributed by atoms with Crippen molar-refractivity contribution in [1.29, 1.82) is 0 Å². The van der Waals surface area contributed by atoms with Crippen LogP contribution in [0.1, 0.15) is 48.0 Å². The van der Waals surface area contributed by atoms with E-state index in [1.807, 2.05) is 13.8 Å². The summed E-state index contributed by atoms with van der Waals surface area (Å²) in [6, 6.07) is 0.501. The summed E-state index contributed by atoms with van der Waals surface area (Å²) in [5.41, 5.74) is -0.437. The Morgan fingerprint density at radius 2 is 1.88 bits per heavy atom. The van der Waals surface area contributed by atoms with Crippen LogP contribution in [0.5, 0.6) is 0 Å². The number of carbonyl (C=O) groups excluding carboxylic acids is 2. The van der Waals surface area contributed by atoms with Crippen molar-refractivity contribution in [1.82, 2.24) is 9.99 Å². The van der Waals surface area contributed by atoms with Crippen LogP contribution in [0.15, 0.2) is 0 Å². The van der Waals surface area contributed by atoms with Gasteiger partial charge in [0.2, 0.25) is 5.91 Å². The summed E-state index contributed by atoms with van der Waals surface area (Å²) in [6.07, 6.45) is -0.472. The highest BCUT2D eigenvalue weighted by molar-refractivity contribution is 7.44. The van der Waals surface area contributed by atoms with Crippen molar-refractivity contribution in [3.05, 3.63) is 0 Å². The van der Waals surface area contributed by atoms with Crippen LogP contribution in [0.25, 0.3) is 0 Å². The van der Waals surface area contributed by atoms with Gasteiger partial charge in [0.1, 0.15) is 0 Å². The van der Waals surface area contributed by atoms with Gasteiger partial charge in [-0.1, -0.05) is 13.8 Å². The van der Waals surface area contributed by atoms with Gasteiger partial charge in [-0.3, -0.25) is 9.59 Å². The average Bonchev–Trinajstić information content (AvgIpc) is 2.47. The standard InChI is InChI=1S/C16H31N2O5P/c1-11(2)18(12(3)4)24-22-10-16(5,6)14(23-24)15(20)17-9-8-13(19)21-7/h11-12,14H,8-10H2,1-7H3,(H,17,20)/t14-,24?/m0/s1. The van der Waals surface area contributed by atoms with Crippen LogP contribution < -0.4 is 5.32 Å². The smallest absolute Gasteiger partial charge is 0.307 e. The second-order valence-corrected chi connectivity index (χ2v) is 8.58. The van der Waals surface area contributed by atoms with Crippen molar-refractivity contribution >= 4 is 20.4 Å². The molecule has 0 aromatic heterocycles. The summed E-state index contributed by atoms with van der Waals surface area (Å²) in [5.74, 6) is -0.567. The first-order valence-corrected chi connectivity index (χ1v) is 9.45. The molecule has 0 saturated carbocycles. The lowest BCUT2D eigenvalue weighted by Crippen LogP contribution is -2.51. The van der Waals surface area contributed by atoms with E-state index in [-0.39, 0.29) is 36.9 Å². The Balaban J connectivity index is 2.75. The Labute approximate surface area is 146 Å². The van der Waals surface area contributed by atoms with Crippen molar-refractivity contribution in [2.45, 2.75) is 66.2 Å². The molecule has 8 heteroatoms. The first kappa shape index (κ1) is 21.3. The molecule has 0 aromatic carbocycles. The number of ether oxygens (including phenoxy) is 1. The molecular weight excluding hydrogens is 331 g/mol. The Bertz CT molecular complexity index is 434. The predicted molar refractivity (Wildman–Crippen MR) is 93.3 cm³/mol. The first-order valence-electron chi connectivity index (χ1n) is 8.32. The molecule has 0 aromatic rings. The van der Waals surface area contributed by atoms with Gasteiger partial charge >= 0.3 is 5.97 Å². The zero-order valence-corrected chi connectivity index (χ0v) is 16.7. The third kappa shape index (κ3) is 5.66. The first-order chi connectivity index (χ1) is 11.1. The number of amides is 1. The summed E-state index contributed by atoms with van der Waals surface area (Å²) in [4.78, 5) is 23.7. The van der Waals surface area contributed by atoms with Gasteiger partial charge in [-0.25, -0.2) is 4.67 Å². The molecule has 1 rings (SSSR count). The third-order valence-electron chi connectivity index (χ3n) is 3.79. The highest BCUT2D eigenvalue weighted by Crippen LogP contribution is 2.53. The second kappa shape index (κ2) is 9.09. The second-order valence-electron chi connectivity index (χ2n) is 7.17. The van der Waals surface area contributed by atoms with E-state index in [0.717, 1.165) is 0 Å². The molecule has 0 aliphatic carbocycles. The number of esters is 1. The molecular formula is C16H31N2O5P. The quantitative estimate of drug-likeness (QED) is 0.554. The fourth-order valence-electron chi connectivity index (χ4n) is 2.54. The molecule has 1 aliphatic rings. The summed E-state index contributed by atoms with van der Waals surface area (Å²) < 4.78 is 18.7. The molecule has 0 radical (unpaired) electrons. The SMILES string of the molecule is COC(=O)CCNC(=O)[C@@H]1OP(N(C(C)C)C(C)C)OCC1(C)C. The summed E-state index contributed by atoms with van der Waals surface area (Å²) >= 11 is 0. The van der Waals surface area contributed by atoms with Crippen LogP contribution in [0.2, 0.25) is 0 Å². The third-order valence-corrected chi connectivity index (χ3v) is 5.84. The van der Waals surface area contributed by atoms with Crippen LogP contribution in [0.3, 0.4) is 0 Å². The van der Waals surface area contributed by atoms with Crippen LogP contribution in [-0.4, -0.2) is 55.0 Å². The van der Waals surface area contributed by atoms with Crippen molar-refractivity contribution in [3.8, 4) is 0 Å². The average molecular weight is 362 g/mol. The molecule has 1 heterocycles. The number of methoxy groups -OCH3 is 1. The van der Waals surface area contributed by atoms with E-state index in [1.165, 1.54) is 7.11 Å². The van der Waals surface area contributed by atoms with Gasteiger partial charge < -0.3 is 19.1 Å². The summed E-state index contributed by atoms with van der Waals surface area (Å²) in [5, 5.41) is 2.76. The van der Waals surface area contributed by atoms with E-state index >= 15 is 0 Å². The normalized spacial score (nSPS) is 23.6. The molecule has 1 saturated heterocycles. The maximum Gasteiger partial charge on any atom is 0.307 e. The lowest BCUT2D eigenvalue weighted by atomic mass is 9.87. The van der Waals surface area contributed by atoms with E-state index in [2.05, 4.69) is 42.4 Å². The van der Waals surface area contributed by atoms with Gasteiger partial charge in [0, 0.05) is 24.0 Å². The minimum absolute atomic E-state index is 0.144. The van der Waals surface area contributed by atoms with E-state index in [1.54, 1.807) is 0 Å². The van der Waals surface area contributed by atoms with Crippen molar-refractivity contribution in [3.63, 3.8) is 0 Å². The Morgan fingerprint density at radius 3 is 2.38 bits per heavy atom. The molecule has 1 amide bonds. The molecule has 140 valence electrons. The number of hydrogen-bond acceptors (Lipinski definition) is 6. The summed E-state index contributed by atoms with van der Waals surface area (Å²) in [7, 11) is 0.0339. The largest absolute Gasteiger partial charge is 0.469 e. The number of hydrogen-bond donors (Lipinski definition) is 1. The molecule has 1 unspecified atom stereocenters. The fraction of sp³-hybridized carbons (Fsp3) is 0.875. The highest BCUT2D eigenvalue weighted by atomic mass is 31.2. The number of carbonyl (C=O) groups is 2. The van der Waals surface area contributed by atoms with E-state index < -0.39 is 20.0 Å². The van der Waals surface area contributed by atoms with Crippen molar-refractivity contribution in [2.24, 2.45) is 5.41 Å². The highest BCUT2D eigenvalue weighted by Gasteiger charge is 2.46. The van der Waals surface area contributed by atoms with Crippen molar-refractivity contribution in [2.75, 3.05) is 20.3 Å². The maximum absolute atomic E-state index is 12.5. The van der Waals surface area contributed by atoms with Gasteiger partial charge in [0.25, 0.3) is 8.53 Å². The number of nitrogens with zero attached hydrogens (tertiary/aromatic N) is 1. The van der Waals surface area contributed by atoms with E-state index in [0.29, 0.717) is 6.61 Å². The lowest BCUT2D eigenvalue weighted by Gasteiger charge is -2.45. The summed E-state index contributed by atoms with van der Waals surface area (Å²) in [6.45, 7) is 12.9. The zero-order valence-electron chi connectivity index (χ0n) is 15.8. The van der Waals surface area contributed by atoms with Gasteiger partial charge in [-0.2, -0.15) is 0 Å². The molecule has 0 bridgehead atoms. The van der Waals surface area contributed by atoms with Crippen LogP contribution in [0.4, 0.5) is 0 Å². The maximum atomic E-state index is 12.5. The van der Waals surface area contributed by atoms with Gasteiger partial charge in [0.15, 0.2) is 6.10 Å². The van der Waals surface area contributed by atoms with E-state index in [9.17, 15) is 9.59 Å². The molecule has 1 N–H and O–H groups in total. The topological polar surface area (TPSA) is 77.1 Å². The Kier molecular flexibility index (Phi) is 8.06. The zero-order chi connectivity index (χ0) is 18.5. The fourth-order valence-corrected chi connectivity index (χ4v) is 4.60. The lowest BCUT2D eigenvalue weighted by molar-refractivity contribution is -0.141. The molecule has 0 spiro atoms. The molecule has 7 nitrogen and oxygen atoms in total. The van der Waals surface area contributed by atoms with Gasteiger partial charge in [-0.05, 0) is 27.7 Å². The monoisotopic (exact) mass is 362 g/mol. The minimum atomic E-state index is -1.29. The van der Waals surface area contributed by atoms with Gasteiger partial charge in [-0.15, -0.1) is 0 Å². The van der Waals surface area contributed by atoms with Crippen molar-refractivity contribution < 1.29 is 23.4 Å².